The van der Waals surface area contributed by atoms with Crippen molar-refractivity contribution in [3.63, 3.8) is 0 Å². The first-order chi connectivity index (χ1) is 16.3. The van der Waals surface area contributed by atoms with Gasteiger partial charge >= 0.3 is 0 Å². The lowest BCUT2D eigenvalue weighted by Crippen LogP contribution is -2.44. The molecule has 2 saturated heterocycles. The van der Waals surface area contributed by atoms with E-state index in [0.717, 1.165) is 40.3 Å². The molecule has 2 aliphatic rings. The van der Waals surface area contributed by atoms with Gasteiger partial charge < -0.3 is 9.88 Å². The molecular formula is C27H35N7. The number of pyridine rings is 2. The molecule has 0 amide bonds. The number of aromatic amines is 1. The Hall–Kier alpha value is -2.93. The lowest BCUT2D eigenvalue weighted by atomic mass is 9.95. The minimum absolute atomic E-state index is 0.340. The van der Waals surface area contributed by atoms with Crippen molar-refractivity contribution in [1.29, 1.82) is 0 Å². The van der Waals surface area contributed by atoms with E-state index in [1.807, 2.05) is 4.52 Å². The summed E-state index contributed by atoms with van der Waals surface area (Å²) in [5.41, 5.74) is 9.11. The summed E-state index contributed by atoms with van der Waals surface area (Å²) in [5, 5.41) is 4.42. The molecule has 0 aliphatic carbocycles. The Balaban J connectivity index is 1.46. The summed E-state index contributed by atoms with van der Waals surface area (Å²) in [6, 6.07) is 6.29. The molecular weight excluding hydrogens is 422 g/mol. The van der Waals surface area contributed by atoms with Crippen LogP contribution in [0.25, 0.3) is 27.9 Å². The quantitative estimate of drug-likeness (QED) is 0.463. The van der Waals surface area contributed by atoms with Crippen LogP contribution in [0, 0.1) is 13.8 Å². The zero-order valence-corrected chi connectivity index (χ0v) is 21.1. The van der Waals surface area contributed by atoms with E-state index in [1.165, 1.54) is 36.1 Å². The Morgan fingerprint density at radius 3 is 2.65 bits per heavy atom. The van der Waals surface area contributed by atoms with E-state index >= 15 is 0 Å². The van der Waals surface area contributed by atoms with E-state index in [9.17, 15) is 0 Å². The highest BCUT2D eigenvalue weighted by Crippen LogP contribution is 2.39. The topological polar surface area (TPSA) is 65.4 Å². The van der Waals surface area contributed by atoms with Gasteiger partial charge in [0.15, 0.2) is 5.65 Å². The number of hydrogen-bond donors (Lipinski definition) is 1. The maximum atomic E-state index is 5.30. The molecule has 0 saturated carbocycles. The molecule has 2 fully saturated rings. The fourth-order valence-electron chi connectivity index (χ4n) is 6.31. The molecule has 2 bridgehead atoms. The maximum Gasteiger partial charge on any atom is 0.158 e. The van der Waals surface area contributed by atoms with Crippen molar-refractivity contribution in [1.82, 2.24) is 29.5 Å². The van der Waals surface area contributed by atoms with Crippen molar-refractivity contribution in [2.75, 3.05) is 18.0 Å². The first-order valence-electron chi connectivity index (χ1n) is 12.7. The third-order valence-electron chi connectivity index (χ3n) is 8.18. The molecule has 0 radical (unpaired) electrons. The highest BCUT2D eigenvalue weighted by molar-refractivity contribution is 5.90. The molecule has 0 unspecified atom stereocenters. The molecule has 7 heteroatoms. The normalized spacial score (nSPS) is 21.1. The second-order valence-corrected chi connectivity index (χ2v) is 10.8. The minimum Gasteiger partial charge on any atom is -0.353 e. The summed E-state index contributed by atoms with van der Waals surface area (Å²) in [4.78, 5) is 18.7. The number of aryl methyl sites for hydroxylation is 1. The van der Waals surface area contributed by atoms with Gasteiger partial charge in [-0.15, -0.1) is 0 Å². The predicted octanol–water partition coefficient (Wildman–Crippen LogP) is 5.07. The van der Waals surface area contributed by atoms with Crippen LogP contribution in [0.4, 0.5) is 5.82 Å². The fourth-order valence-corrected chi connectivity index (χ4v) is 6.31. The van der Waals surface area contributed by atoms with Gasteiger partial charge in [0.25, 0.3) is 0 Å². The van der Waals surface area contributed by atoms with Crippen molar-refractivity contribution in [2.45, 2.75) is 78.4 Å². The summed E-state index contributed by atoms with van der Waals surface area (Å²) < 4.78 is 1.89. The molecule has 34 heavy (non-hydrogen) atoms. The van der Waals surface area contributed by atoms with Crippen molar-refractivity contribution < 1.29 is 0 Å². The summed E-state index contributed by atoms with van der Waals surface area (Å²) in [6.07, 6.45) is 6.21. The third-order valence-corrected chi connectivity index (χ3v) is 8.18. The van der Waals surface area contributed by atoms with Gasteiger partial charge in [-0.2, -0.15) is 5.10 Å². The molecule has 4 aromatic heterocycles. The molecule has 6 heterocycles. The summed E-state index contributed by atoms with van der Waals surface area (Å²) >= 11 is 0. The number of aromatic nitrogens is 5. The van der Waals surface area contributed by atoms with Crippen molar-refractivity contribution in [3.05, 3.63) is 41.3 Å². The van der Waals surface area contributed by atoms with Crippen LogP contribution in [0.15, 0.2) is 24.7 Å². The van der Waals surface area contributed by atoms with E-state index in [4.69, 9.17) is 4.98 Å². The first-order valence-corrected chi connectivity index (χ1v) is 12.7. The van der Waals surface area contributed by atoms with Crippen LogP contribution in [0.1, 0.15) is 63.1 Å². The van der Waals surface area contributed by atoms with Gasteiger partial charge in [0, 0.05) is 48.5 Å². The Kier molecular flexibility index (Phi) is 4.96. The van der Waals surface area contributed by atoms with Crippen molar-refractivity contribution >= 4 is 22.5 Å². The van der Waals surface area contributed by atoms with E-state index in [1.54, 1.807) is 6.33 Å². The molecule has 2 atom stereocenters. The van der Waals surface area contributed by atoms with Gasteiger partial charge in [-0.3, -0.25) is 4.90 Å². The van der Waals surface area contributed by atoms with Gasteiger partial charge in [0.2, 0.25) is 0 Å². The second kappa shape index (κ2) is 7.80. The molecule has 178 valence electrons. The Morgan fingerprint density at radius 2 is 1.88 bits per heavy atom. The van der Waals surface area contributed by atoms with Gasteiger partial charge in [-0.05, 0) is 69.7 Å². The number of hydrogen-bond acceptors (Lipinski definition) is 5. The van der Waals surface area contributed by atoms with Crippen LogP contribution in [0.3, 0.4) is 0 Å². The summed E-state index contributed by atoms with van der Waals surface area (Å²) in [5.74, 6) is 1.46. The van der Waals surface area contributed by atoms with E-state index < -0.39 is 0 Å². The smallest absolute Gasteiger partial charge is 0.158 e. The van der Waals surface area contributed by atoms with E-state index in [2.05, 4.69) is 84.7 Å². The van der Waals surface area contributed by atoms with Crippen LogP contribution in [-0.2, 0) is 0 Å². The first kappa shape index (κ1) is 21.6. The summed E-state index contributed by atoms with van der Waals surface area (Å²) in [7, 11) is 0. The Morgan fingerprint density at radius 1 is 1.06 bits per heavy atom. The molecule has 6 rings (SSSR count). The van der Waals surface area contributed by atoms with Crippen LogP contribution in [0.2, 0.25) is 0 Å². The number of rotatable bonds is 4. The molecule has 7 nitrogen and oxygen atoms in total. The molecule has 1 N–H and O–H groups in total. The number of nitrogens with one attached hydrogen (secondary N) is 1. The van der Waals surface area contributed by atoms with Gasteiger partial charge in [-0.1, -0.05) is 13.8 Å². The zero-order chi connectivity index (χ0) is 23.7. The van der Waals surface area contributed by atoms with Gasteiger partial charge in [-0.25, -0.2) is 14.5 Å². The molecule has 2 aliphatic heterocycles. The average molecular weight is 458 g/mol. The summed E-state index contributed by atoms with van der Waals surface area (Å²) in [6.45, 7) is 15.8. The molecule has 4 aromatic rings. The van der Waals surface area contributed by atoms with Crippen LogP contribution >= 0.6 is 0 Å². The molecule has 0 aromatic carbocycles. The monoisotopic (exact) mass is 457 g/mol. The highest BCUT2D eigenvalue weighted by Gasteiger charge is 2.41. The number of H-pyrrole nitrogens is 1. The standard InChI is InChI=1S/C27H35N7/c1-15(2)24-25(21-13-34-27(28-14-29-34)18(6)17(21)5)30-22-7-8-23(31-26(22)24)33-12-20-11-19(33)9-10-32(20)16(3)4/h7-8,13-16,19-20,30H,9-12H2,1-6H3/t19-,20+/m0/s1. The SMILES string of the molecule is Cc1c(-c2[nH]c3ccc(N4C[C@H]5C[C@@H]4CCN5C(C)C)nc3c2C(C)C)cn2ncnc2c1C. The highest BCUT2D eigenvalue weighted by atomic mass is 15.3. The van der Waals surface area contributed by atoms with E-state index in [-0.39, 0.29) is 0 Å². The average Bonchev–Trinajstić information content (AvgIpc) is 3.51. The second-order valence-electron chi connectivity index (χ2n) is 10.8. The van der Waals surface area contributed by atoms with Crippen molar-refractivity contribution in [2.24, 2.45) is 0 Å². The number of piperidine rings is 1. The van der Waals surface area contributed by atoms with Crippen LogP contribution in [-0.4, -0.2) is 60.7 Å². The lowest BCUT2D eigenvalue weighted by molar-refractivity contribution is 0.137. The lowest BCUT2D eigenvalue weighted by Gasteiger charge is -2.35. The van der Waals surface area contributed by atoms with Gasteiger partial charge in [0.1, 0.15) is 12.1 Å². The maximum absolute atomic E-state index is 5.30. The largest absolute Gasteiger partial charge is 0.353 e. The number of fused-ring (bicyclic) bond motifs is 4. The van der Waals surface area contributed by atoms with Crippen LogP contribution < -0.4 is 4.90 Å². The molecule has 0 spiro atoms. The van der Waals surface area contributed by atoms with Gasteiger partial charge in [0.05, 0.1) is 16.7 Å². The zero-order valence-electron chi connectivity index (χ0n) is 21.1. The van der Waals surface area contributed by atoms with E-state index in [0.29, 0.717) is 24.0 Å². The third kappa shape index (κ3) is 3.17. The number of likely N-dealkylation sites (tertiary alicyclic amines) is 1. The number of nitrogens with zero attached hydrogens (tertiary/aromatic N) is 6. The van der Waals surface area contributed by atoms with Crippen LogP contribution in [0.5, 0.6) is 0 Å². The Labute approximate surface area is 201 Å². The fraction of sp³-hybridized carbons (Fsp3) is 0.519. The number of anilines is 1. The van der Waals surface area contributed by atoms with Crippen molar-refractivity contribution in [3.8, 4) is 11.3 Å². The minimum atomic E-state index is 0.340. The predicted molar refractivity (Wildman–Crippen MR) is 138 cm³/mol. The Bertz CT molecular complexity index is 1380.